The van der Waals surface area contributed by atoms with Crippen molar-refractivity contribution in [3.05, 3.63) is 27.1 Å². The molecule has 0 saturated heterocycles. The van der Waals surface area contributed by atoms with Gasteiger partial charge in [-0.15, -0.1) is 0 Å². The summed E-state index contributed by atoms with van der Waals surface area (Å²) in [7, 11) is 0. The molecule has 1 nitrogen and oxygen atoms in total. The molecule has 1 aromatic carbocycles. The summed E-state index contributed by atoms with van der Waals surface area (Å²) in [6.45, 7) is 8.67. The molecule has 0 aliphatic heterocycles. The fourth-order valence-electron chi connectivity index (χ4n) is 1.93. The summed E-state index contributed by atoms with van der Waals surface area (Å²) in [5, 5.41) is 0. The molecule has 0 spiro atoms. The van der Waals surface area contributed by atoms with Crippen LogP contribution in [0.3, 0.4) is 0 Å². The smallest absolute Gasteiger partial charge is 0.122 e. The number of halogens is 2. The van der Waals surface area contributed by atoms with Gasteiger partial charge in [0, 0.05) is 8.95 Å². The van der Waals surface area contributed by atoms with E-state index in [1.807, 2.05) is 18.2 Å². The highest BCUT2D eigenvalue weighted by molar-refractivity contribution is 9.11. The first-order chi connectivity index (χ1) is 7.28. The molecule has 0 amide bonds. The van der Waals surface area contributed by atoms with Gasteiger partial charge in [-0.25, -0.2) is 0 Å². The minimum Gasteiger partial charge on any atom is -0.488 e. The molecule has 0 heterocycles. The molecule has 0 unspecified atom stereocenters. The summed E-state index contributed by atoms with van der Waals surface area (Å²) in [6, 6.07) is 5.99. The number of benzene rings is 1. The lowest BCUT2D eigenvalue weighted by Gasteiger charge is -2.28. The summed E-state index contributed by atoms with van der Waals surface area (Å²) in [5.74, 6) is 1.53. The standard InChI is InChI=1S/C13H18Br2O/c1-9(2)8-13(3,4)16-12-6-10(14)5-11(15)7-12/h5-7,9H,8H2,1-4H3. The van der Waals surface area contributed by atoms with Crippen molar-refractivity contribution in [1.29, 1.82) is 0 Å². The molecule has 0 saturated carbocycles. The summed E-state index contributed by atoms with van der Waals surface area (Å²) in [5.41, 5.74) is -0.131. The quantitative estimate of drug-likeness (QED) is 0.705. The molecule has 1 aromatic rings. The van der Waals surface area contributed by atoms with Gasteiger partial charge in [0.2, 0.25) is 0 Å². The van der Waals surface area contributed by atoms with E-state index >= 15 is 0 Å². The van der Waals surface area contributed by atoms with Crippen LogP contribution in [0.2, 0.25) is 0 Å². The van der Waals surface area contributed by atoms with E-state index in [2.05, 4.69) is 59.6 Å². The molecule has 0 aliphatic rings. The predicted octanol–water partition coefficient (Wildman–Crippen LogP) is 5.42. The highest BCUT2D eigenvalue weighted by Crippen LogP contribution is 2.29. The predicted molar refractivity (Wildman–Crippen MR) is 76.0 cm³/mol. The number of rotatable bonds is 4. The Morgan fingerprint density at radius 3 is 2.06 bits per heavy atom. The molecular formula is C13H18Br2O. The van der Waals surface area contributed by atoms with Gasteiger partial charge in [-0.1, -0.05) is 45.7 Å². The van der Waals surface area contributed by atoms with Crippen molar-refractivity contribution in [3.8, 4) is 5.75 Å². The zero-order valence-corrected chi connectivity index (χ0v) is 13.4. The van der Waals surface area contributed by atoms with Crippen molar-refractivity contribution in [1.82, 2.24) is 0 Å². The van der Waals surface area contributed by atoms with Gasteiger partial charge < -0.3 is 4.74 Å². The van der Waals surface area contributed by atoms with Crippen LogP contribution in [0.15, 0.2) is 27.1 Å². The van der Waals surface area contributed by atoms with E-state index in [1.54, 1.807) is 0 Å². The maximum atomic E-state index is 6.01. The van der Waals surface area contributed by atoms with E-state index in [-0.39, 0.29) is 5.60 Å². The lowest BCUT2D eigenvalue weighted by atomic mass is 9.96. The van der Waals surface area contributed by atoms with Crippen LogP contribution in [0, 0.1) is 5.92 Å². The van der Waals surface area contributed by atoms with Crippen molar-refractivity contribution in [2.24, 2.45) is 5.92 Å². The highest BCUT2D eigenvalue weighted by atomic mass is 79.9. The molecule has 90 valence electrons. The van der Waals surface area contributed by atoms with Crippen molar-refractivity contribution in [2.45, 2.75) is 39.7 Å². The van der Waals surface area contributed by atoms with Crippen LogP contribution < -0.4 is 4.74 Å². The zero-order chi connectivity index (χ0) is 12.3. The van der Waals surface area contributed by atoms with Crippen LogP contribution in [0.1, 0.15) is 34.1 Å². The minimum absolute atomic E-state index is 0.131. The van der Waals surface area contributed by atoms with E-state index in [0.29, 0.717) is 5.92 Å². The van der Waals surface area contributed by atoms with E-state index in [1.165, 1.54) is 0 Å². The van der Waals surface area contributed by atoms with Gasteiger partial charge in [-0.05, 0) is 44.4 Å². The largest absolute Gasteiger partial charge is 0.488 e. The Morgan fingerprint density at radius 1 is 1.12 bits per heavy atom. The van der Waals surface area contributed by atoms with Gasteiger partial charge in [0.25, 0.3) is 0 Å². The maximum absolute atomic E-state index is 6.01. The van der Waals surface area contributed by atoms with Crippen molar-refractivity contribution in [3.63, 3.8) is 0 Å². The third kappa shape index (κ3) is 4.88. The fourth-order valence-corrected chi connectivity index (χ4v) is 3.18. The lowest BCUT2D eigenvalue weighted by molar-refractivity contribution is 0.0851. The SMILES string of the molecule is CC(C)CC(C)(C)Oc1cc(Br)cc(Br)c1. The van der Waals surface area contributed by atoms with E-state index in [9.17, 15) is 0 Å². The number of hydrogen-bond acceptors (Lipinski definition) is 1. The molecule has 0 aliphatic carbocycles. The van der Waals surface area contributed by atoms with Gasteiger partial charge >= 0.3 is 0 Å². The van der Waals surface area contributed by atoms with Crippen LogP contribution in [0.4, 0.5) is 0 Å². The van der Waals surface area contributed by atoms with Crippen LogP contribution in [0.5, 0.6) is 5.75 Å². The zero-order valence-electron chi connectivity index (χ0n) is 10.2. The van der Waals surface area contributed by atoms with Crippen LogP contribution in [-0.2, 0) is 0 Å². The van der Waals surface area contributed by atoms with Crippen LogP contribution >= 0.6 is 31.9 Å². The monoisotopic (exact) mass is 348 g/mol. The third-order valence-corrected chi connectivity index (χ3v) is 3.05. The molecule has 0 radical (unpaired) electrons. The van der Waals surface area contributed by atoms with Crippen molar-refractivity contribution >= 4 is 31.9 Å². The highest BCUT2D eigenvalue weighted by Gasteiger charge is 2.21. The molecule has 0 fully saturated rings. The Kier molecular flexibility index (Phi) is 4.87. The number of ether oxygens (including phenoxy) is 1. The molecule has 0 atom stereocenters. The normalized spacial score (nSPS) is 11.9. The summed E-state index contributed by atoms with van der Waals surface area (Å²) < 4.78 is 8.06. The summed E-state index contributed by atoms with van der Waals surface area (Å²) >= 11 is 6.92. The molecular weight excluding hydrogens is 332 g/mol. The Hall–Kier alpha value is -0.0200. The minimum atomic E-state index is -0.131. The van der Waals surface area contributed by atoms with E-state index < -0.39 is 0 Å². The maximum Gasteiger partial charge on any atom is 0.122 e. The molecule has 3 heteroatoms. The first kappa shape index (κ1) is 14.0. The lowest BCUT2D eigenvalue weighted by Crippen LogP contribution is -2.29. The Morgan fingerprint density at radius 2 is 1.62 bits per heavy atom. The van der Waals surface area contributed by atoms with Gasteiger partial charge in [0.1, 0.15) is 11.4 Å². The number of hydrogen-bond donors (Lipinski definition) is 0. The average Bonchev–Trinajstić information content (AvgIpc) is 1.95. The van der Waals surface area contributed by atoms with Crippen molar-refractivity contribution < 1.29 is 4.74 Å². The van der Waals surface area contributed by atoms with Gasteiger partial charge in [0.15, 0.2) is 0 Å². The van der Waals surface area contributed by atoms with Gasteiger partial charge in [0.05, 0.1) is 0 Å². The molecule has 1 rings (SSSR count). The van der Waals surface area contributed by atoms with Crippen LogP contribution in [-0.4, -0.2) is 5.60 Å². The fraction of sp³-hybridized carbons (Fsp3) is 0.538. The molecule has 0 N–H and O–H groups in total. The molecule has 16 heavy (non-hydrogen) atoms. The van der Waals surface area contributed by atoms with Crippen molar-refractivity contribution in [2.75, 3.05) is 0 Å². The first-order valence-corrected chi connectivity index (χ1v) is 7.02. The Labute approximate surface area is 115 Å². The van der Waals surface area contributed by atoms with Gasteiger partial charge in [-0.2, -0.15) is 0 Å². The molecule has 0 bridgehead atoms. The average molecular weight is 350 g/mol. The van der Waals surface area contributed by atoms with Gasteiger partial charge in [-0.3, -0.25) is 0 Å². The van der Waals surface area contributed by atoms with Crippen LogP contribution in [0.25, 0.3) is 0 Å². The second kappa shape index (κ2) is 5.54. The topological polar surface area (TPSA) is 9.23 Å². The van der Waals surface area contributed by atoms with E-state index in [4.69, 9.17) is 4.74 Å². The summed E-state index contributed by atoms with van der Waals surface area (Å²) in [6.07, 6.45) is 1.04. The summed E-state index contributed by atoms with van der Waals surface area (Å²) in [4.78, 5) is 0. The second-order valence-corrected chi connectivity index (χ2v) is 6.90. The third-order valence-electron chi connectivity index (χ3n) is 2.13. The Bertz CT molecular complexity index is 339. The Balaban J connectivity index is 2.79. The first-order valence-electron chi connectivity index (χ1n) is 5.43. The second-order valence-electron chi connectivity index (χ2n) is 5.06. The molecule has 0 aromatic heterocycles. The van der Waals surface area contributed by atoms with E-state index in [0.717, 1.165) is 21.1 Å².